The van der Waals surface area contributed by atoms with Crippen molar-refractivity contribution in [2.75, 3.05) is 7.05 Å². The Balaban J connectivity index is 2.10. The first kappa shape index (κ1) is 15.9. The van der Waals surface area contributed by atoms with E-state index in [4.69, 9.17) is 0 Å². The van der Waals surface area contributed by atoms with Crippen LogP contribution >= 0.6 is 0 Å². The monoisotopic (exact) mass is 299 g/mol. The molecule has 116 valence electrons. The van der Waals surface area contributed by atoms with E-state index in [1.54, 1.807) is 25.2 Å². The Bertz CT molecular complexity index is 482. The van der Waals surface area contributed by atoms with Gasteiger partial charge in [0.05, 0.1) is 5.92 Å². The molecule has 0 saturated heterocycles. The van der Waals surface area contributed by atoms with Gasteiger partial charge in [-0.05, 0) is 31.2 Å². The summed E-state index contributed by atoms with van der Waals surface area (Å²) in [6, 6.07) is 7.66. The summed E-state index contributed by atoms with van der Waals surface area (Å²) in [5, 5.41) is 0. The van der Waals surface area contributed by atoms with Crippen molar-refractivity contribution in [1.29, 1.82) is 0 Å². The van der Waals surface area contributed by atoms with Gasteiger partial charge in [0.25, 0.3) is 0 Å². The Morgan fingerprint density at radius 2 is 1.86 bits per heavy atom. The normalized spacial score (nSPS) is 18.1. The van der Waals surface area contributed by atoms with Gasteiger partial charge in [0.15, 0.2) is 0 Å². The third-order valence-electron chi connectivity index (χ3n) is 4.28. The Hall–Kier alpha value is -1.52. The molecule has 5 heteroatoms. The molecule has 2 nitrogen and oxygen atoms in total. The van der Waals surface area contributed by atoms with E-state index in [2.05, 4.69) is 0 Å². The molecule has 2 atom stereocenters. The summed E-state index contributed by atoms with van der Waals surface area (Å²) in [5.74, 6) is -1.74. The van der Waals surface area contributed by atoms with Gasteiger partial charge in [0.2, 0.25) is 5.91 Å². The van der Waals surface area contributed by atoms with Gasteiger partial charge >= 0.3 is 6.18 Å². The van der Waals surface area contributed by atoms with Crippen molar-refractivity contribution in [3.8, 4) is 0 Å². The first-order valence-corrected chi connectivity index (χ1v) is 7.18. The Morgan fingerprint density at radius 3 is 2.33 bits per heavy atom. The quantitative estimate of drug-likeness (QED) is 0.805. The first-order valence-electron chi connectivity index (χ1n) is 7.18. The second-order valence-corrected chi connectivity index (χ2v) is 5.79. The number of carbonyl (C=O) groups is 1. The van der Waals surface area contributed by atoms with Gasteiger partial charge in [0, 0.05) is 19.5 Å². The summed E-state index contributed by atoms with van der Waals surface area (Å²) in [5.41, 5.74) is 0.144. The minimum Gasteiger partial charge on any atom is -0.343 e. The lowest BCUT2D eigenvalue weighted by molar-refractivity contribution is -0.161. The average molecular weight is 299 g/mol. The number of amides is 1. The van der Waals surface area contributed by atoms with Crippen LogP contribution in [0.2, 0.25) is 0 Å². The van der Waals surface area contributed by atoms with Crippen molar-refractivity contribution in [3.63, 3.8) is 0 Å². The average Bonchev–Trinajstić information content (AvgIpc) is 3.27. The Morgan fingerprint density at radius 1 is 1.29 bits per heavy atom. The van der Waals surface area contributed by atoms with Crippen LogP contribution in [0.1, 0.15) is 37.7 Å². The molecule has 1 fully saturated rings. The zero-order valence-electron chi connectivity index (χ0n) is 12.2. The van der Waals surface area contributed by atoms with Gasteiger partial charge in [-0.1, -0.05) is 30.3 Å². The smallest absolute Gasteiger partial charge is 0.343 e. The molecule has 21 heavy (non-hydrogen) atoms. The molecule has 0 spiro atoms. The largest absolute Gasteiger partial charge is 0.396 e. The Labute approximate surface area is 122 Å². The van der Waals surface area contributed by atoms with Crippen LogP contribution in [0.3, 0.4) is 0 Å². The van der Waals surface area contributed by atoms with E-state index in [-0.39, 0.29) is 11.6 Å². The zero-order chi connectivity index (χ0) is 15.6. The minimum atomic E-state index is -4.42. The fourth-order valence-corrected chi connectivity index (χ4v) is 2.55. The molecule has 0 aliphatic heterocycles. The lowest BCUT2D eigenvalue weighted by Gasteiger charge is -2.28. The van der Waals surface area contributed by atoms with E-state index < -0.39 is 24.4 Å². The third-order valence-corrected chi connectivity index (χ3v) is 4.28. The van der Waals surface area contributed by atoms with Crippen LogP contribution in [0.5, 0.6) is 0 Å². The highest BCUT2D eigenvalue weighted by molar-refractivity contribution is 5.77. The summed E-state index contributed by atoms with van der Waals surface area (Å²) in [4.78, 5) is 13.6. The van der Waals surface area contributed by atoms with E-state index in [0.717, 1.165) is 12.8 Å². The standard InChI is InChI=1S/C16H20F3NO/c1-11(12-8-9-12)20(2)15(21)10-14(16(17,18)19)13-6-4-3-5-7-13/h3-7,11-12,14H,8-10H2,1-2H3. The summed E-state index contributed by atoms with van der Waals surface area (Å²) < 4.78 is 39.7. The van der Waals surface area contributed by atoms with Crippen LogP contribution < -0.4 is 0 Å². The number of benzene rings is 1. The number of halogens is 3. The third kappa shape index (κ3) is 3.99. The molecule has 1 aliphatic carbocycles. The summed E-state index contributed by atoms with van der Waals surface area (Å²) in [6.45, 7) is 1.90. The van der Waals surface area contributed by atoms with Crippen LogP contribution in [0.4, 0.5) is 13.2 Å². The van der Waals surface area contributed by atoms with Gasteiger partial charge in [-0.3, -0.25) is 4.79 Å². The molecule has 2 unspecified atom stereocenters. The van der Waals surface area contributed by atoms with Crippen molar-refractivity contribution < 1.29 is 18.0 Å². The molecule has 1 aromatic rings. The molecule has 1 aromatic carbocycles. The molecule has 1 saturated carbocycles. The zero-order valence-corrected chi connectivity index (χ0v) is 12.2. The molecule has 2 rings (SSSR count). The van der Waals surface area contributed by atoms with Crippen molar-refractivity contribution >= 4 is 5.91 Å². The van der Waals surface area contributed by atoms with E-state index >= 15 is 0 Å². The van der Waals surface area contributed by atoms with Crippen LogP contribution in [-0.2, 0) is 4.79 Å². The molecule has 0 bridgehead atoms. The second kappa shape index (κ2) is 6.08. The van der Waals surface area contributed by atoms with Crippen molar-refractivity contribution in [1.82, 2.24) is 4.90 Å². The molecule has 1 amide bonds. The van der Waals surface area contributed by atoms with Crippen LogP contribution in [0.25, 0.3) is 0 Å². The van der Waals surface area contributed by atoms with Crippen molar-refractivity contribution in [3.05, 3.63) is 35.9 Å². The van der Waals surface area contributed by atoms with Crippen molar-refractivity contribution in [2.24, 2.45) is 5.92 Å². The molecule has 0 radical (unpaired) electrons. The van der Waals surface area contributed by atoms with E-state index in [1.807, 2.05) is 6.92 Å². The highest BCUT2D eigenvalue weighted by atomic mass is 19.4. The maximum atomic E-state index is 13.2. The molecular weight excluding hydrogens is 279 g/mol. The highest BCUT2D eigenvalue weighted by Crippen LogP contribution is 2.39. The van der Waals surface area contributed by atoms with Gasteiger partial charge in [-0.2, -0.15) is 13.2 Å². The fourth-order valence-electron chi connectivity index (χ4n) is 2.55. The van der Waals surface area contributed by atoms with Gasteiger partial charge < -0.3 is 4.90 Å². The van der Waals surface area contributed by atoms with Crippen molar-refractivity contribution in [2.45, 2.75) is 44.3 Å². The summed E-state index contributed by atoms with van der Waals surface area (Å²) in [7, 11) is 1.60. The summed E-state index contributed by atoms with van der Waals surface area (Å²) >= 11 is 0. The van der Waals surface area contributed by atoms with E-state index in [1.165, 1.54) is 17.0 Å². The molecule has 0 heterocycles. The minimum absolute atomic E-state index is 0.0159. The lowest BCUT2D eigenvalue weighted by Crippen LogP contribution is -2.38. The lowest BCUT2D eigenvalue weighted by atomic mass is 9.94. The maximum absolute atomic E-state index is 13.2. The maximum Gasteiger partial charge on any atom is 0.396 e. The number of rotatable bonds is 5. The number of hydrogen-bond acceptors (Lipinski definition) is 1. The topological polar surface area (TPSA) is 20.3 Å². The summed E-state index contributed by atoms with van der Waals surface area (Å²) in [6.07, 6.45) is -2.83. The first-order chi connectivity index (χ1) is 9.80. The van der Waals surface area contributed by atoms with Crippen LogP contribution in [0, 0.1) is 5.92 Å². The van der Waals surface area contributed by atoms with Gasteiger partial charge in [-0.15, -0.1) is 0 Å². The van der Waals surface area contributed by atoms with Crippen LogP contribution in [0.15, 0.2) is 30.3 Å². The fraction of sp³-hybridized carbons (Fsp3) is 0.562. The number of hydrogen-bond donors (Lipinski definition) is 0. The molecule has 0 aromatic heterocycles. The second-order valence-electron chi connectivity index (χ2n) is 5.79. The highest BCUT2D eigenvalue weighted by Gasteiger charge is 2.43. The predicted molar refractivity (Wildman–Crippen MR) is 74.8 cm³/mol. The Kier molecular flexibility index (Phi) is 4.59. The van der Waals surface area contributed by atoms with Crippen LogP contribution in [-0.4, -0.2) is 30.1 Å². The predicted octanol–water partition coefficient (Wildman–Crippen LogP) is 3.98. The molecular formula is C16H20F3NO. The number of alkyl halides is 3. The van der Waals surface area contributed by atoms with Gasteiger partial charge in [0.1, 0.15) is 0 Å². The molecule has 0 N–H and O–H groups in total. The van der Waals surface area contributed by atoms with Gasteiger partial charge in [-0.25, -0.2) is 0 Å². The SMILES string of the molecule is CC(C1CC1)N(C)C(=O)CC(c1ccccc1)C(F)(F)F. The number of carbonyl (C=O) groups excluding carboxylic acids is 1. The molecule has 1 aliphatic rings. The van der Waals surface area contributed by atoms with E-state index in [0.29, 0.717) is 5.92 Å². The van der Waals surface area contributed by atoms with E-state index in [9.17, 15) is 18.0 Å². The number of nitrogens with zero attached hydrogens (tertiary/aromatic N) is 1.